The van der Waals surface area contributed by atoms with Crippen LogP contribution in [-0.4, -0.2) is 43.2 Å². The molecule has 0 aromatic carbocycles. The molecule has 0 spiro atoms. The molecule has 6 heteroatoms. The van der Waals surface area contributed by atoms with Crippen molar-refractivity contribution in [3.05, 3.63) is 35.5 Å². The van der Waals surface area contributed by atoms with Crippen molar-refractivity contribution in [1.82, 2.24) is 15.3 Å². The summed E-state index contributed by atoms with van der Waals surface area (Å²) >= 11 is 1.79. The van der Waals surface area contributed by atoms with Crippen LogP contribution in [0.5, 0.6) is 0 Å². The quantitative estimate of drug-likeness (QED) is 0.937. The third-order valence-corrected chi connectivity index (χ3v) is 5.14. The number of piperazine rings is 1. The maximum atomic E-state index is 4.58. The van der Waals surface area contributed by atoms with E-state index in [1.807, 2.05) is 31.6 Å². The van der Waals surface area contributed by atoms with E-state index >= 15 is 0 Å². The lowest BCUT2D eigenvalue weighted by Crippen LogP contribution is -2.46. The van der Waals surface area contributed by atoms with Gasteiger partial charge < -0.3 is 15.1 Å². The summed E-state index contributed by atoms with van der Waals surface area (Å²) < 4.78 is 0. The van der Waals surface area contributed by atoms with Crippen molar-refractivity contribution in [2.75, 3.05) is 43.0 Å². The standard InChI is InChI=1S/C15H21N5S/c1-12(16-2)13-11-18-15(21-13)20-9-7-19(8-10-20)14-5-3-4-6-17-14/h3-6,11-12,16H,7-10H2,1-2H3. The van der Waals surface area contributed by atoms with Crippen LogP contribution in [0.1, 0.15) is 17.8 Å². The fraction of sp³-hybridized carbons (Fsp3) is 0.467. The smallest absolute Gasteiger partial charge is 0.185 e. The molecule has 0 bridgehead atoms. The molecular weight excluding hydrogens is 282 g/mol. The van der Waals surface area contributed by atoms with Crippen LogP contribution in [0.3, 0.4) is 0 Å². The zero-order valence-corrected chi connectivity index (χ0v) is 13.3. The topological polar surface area (TPSA) is 44.3 Å². The molecule has 0 radical (unpaired) electrons. The van der Waals surface area contributed by atoms with Gasteiger partial charge in [-0.15, -0.1) is 11.3 Å². The van der Waals surface area contributed by atoms with E-state index in [4.69, 9.17) is 0 Å². The van der Waals surface area contributed by atoms with Crippen LogP contribution in [0.25, 0.3) is 0 Å². The Bertz CT molecular complexity index is 562. The second kappa shape index (κ2) is 6.41. The summed E-state index contributed by atoms with van der Waals surface area (Å²) in [5.41, 5.74) is 0. The van der Waals surface area contributed by atoms with Gasteiger partial charge in [0.15, 0.2) is 5.13 Å². The molecular formula is C15H21N5S. The summed E-state index contributed by atoms with van der Waals surface area (Å²) in [6, 6.07) is 6.44. The molecule has 0 amide bonds. The predicted octanol–water partition coefficient (Wildman–Crippen LogP) is 2.15. The lowest BCUT2D eigenvalue weighted by molar-refractivity contribution is 0.646. The van der Waals surface area contributed by atoms with Crippen molar-refractivity contribution in [3.63, 3.8) is 0 Å². The number of hydrogen-bond acceptors (Lipinski definition) is 6. The monoisotopic (exact) mass is 303 g/mol. The molecule has 1 aliphatic heterocycles. The van der Waals surface area contributed by atoms with Crippen LogP contribution in [0.4, 0.5) is 10.9 Å². The highest BCUT2D eigenvalue weighted by molar-refractivity contribution is 7.15. The molecule has 1 fully saturated rings. The second-order valence-corrected chi connectivity index (χ2v) is 6.26. The summed E-state index contributed by atoms with van der Waals surface area (Å²) in [5, 5.41) is 4.39. The van der Waals surface area contributed by atoms with Crippen LogP contribution in [0.2, 0.25) is 0 Å². The maximum Gasteiger partial charge on any atom is 0.185 e. The first-order chi connectivity index (χ1) is 10.3. The molecule has 21 heavy (non-hydrogen) atoms. The molecule has 1 unspecified atom stereocenters. The molecule has 0 saturated carbocycles. The Morgan fingerprint density at radius 1 is 1.14 bits per heavy atom. The van der Waals surface area contributed by atoms with Gasteiger partial charge in [-0.3, -0.25) is 0 Å². The third-order valence-electron chi connectivity index (χ3n) is 3.89. The van der Waals surface area contributed by atoms with E-state index in [0.717, 1.165) is 37.1 Å². The fourth-order valence-corrected chi connectivity index (χ4v) is 3.46. The number of hydrogen-bond donors (Lipinski definition) is 1. The van der Waals surface area contributed by atoms with Crippen molar-refractivity contribution >= 4 is 22.3 Å². The van der Waals surface area contributed by atoms with Gasteiger partial charge in [0.2, 0.25) is 0 Å². The highest BCUT2D eigenvalue weighted by Gasteiger charge is 2.20. The average Bonchev–Trinajstić information content (AvgIpc) is 3.05. The first-order valence-corrected chi connectivity index (χ1v) is 8.13. The minimum absolute atomic E-state index is 0.367. The lowest BCUT2D eigenvalue weighted by atomic mass is 10.3. The Labute approximate surface area is 129 Å². The first kappa shape index (κ1) is 14.3. The number of pyridine rings is 1. The van der Waals surface area contributed by atoms with Gasteiger partial charge in [0, 0.05) is 49.5 Å². The number of anilines is 2. The number of aromatic nitrogens is 2. The van der Waals surface area contributed by atoms with Crippen LogP contribution in [0, 0.1) is 0 Å². The fourth-order valence-electron chi connectivity index (χ4n) is 2.43. The normalized spacial score (nSPS) is 17.0. The van der Waals surface area contributed by atoms with Crippen molar-refractivity contribution in [1.29, 1.82) is 0 Å². The molecule has 1 atom stereocenters. The summed E-state index contributed by atoms with van der Waals surface area (Å²) in [5.74, 6) is 1.07. The van der Waals surface area contributed by atoms with E-state index in [-0.39, 0.29) is 0 Å². The number of rotatable bonds is 4. The second-order valence-electron chi connectivity index (χ2n) is 5.22. The van der Waals surface area contributed by atoms with Gasteiger partial charge in [-0.2, -0.15) is 0 Å². The van der Waals surface area contributed by atoms with Crippen molar-refractivity contribution in [2.24, 2.45) is 0 Å². The Hall–Kier alpha value is -1.66. The largest absolute Gasteiger partial charge is 0.353 e. The van der Waals surface area contributed by atoms with Gasteiger partial charge in [0.25, 0.3) is 0 Å². The Balaban J connectivity index is 1.62. The van der Waals surface area contributed by atoms with Crippen LogP contribution < -0.4 is 15.1 Å². The van der Waals surface area contributed by atoms with Crippen LogP contribution >= 0.6 is 11.3 Å². The Morgan fingerprint density at radius 2 is 1.90 bits per heavy atom. The first-order valence-electron chi connectivity index (χ1n) is 7.32. The molecule has 3 rings (SSSR count). The van der Waals surface area contributed by atoms with E-state index in [1.54, 1.807) is 11.3 Å². The molecule has 0 aliphatic carbocycles. The van der Waals surface area contributed by atoms with Crippen LogP contribution in [-0.2, 0) is 0 Å². The van der Waals surface area contributed by atoms with E-state index < -0.39 is 0 Å². The zero-order chi connectivity index (χ0) is 14.7. The third kappa shape index (κ3) is 3.16. The number of nitrogens with one attached hydrogen (secondary N) is 1. The summed E-state index contributed by atoms with van der Waals surface area (Å²) in [6.45, 7) is 6.15. The van der Waals surface area contributed by atoms with E-state index in [2.05, 4.69) is 38.1 Å². The SMILES string of the molecule is CNC(C)c1cnc(N2CCN(c3ccccn3)CC2)s1. The molecule has 1 saturated heterocycles. The highest BCUT2D eigenvalue weighted by Crippen LogP contribution is 2.28. The molecule has 1 N–H and O–H groups in total. The Morgan fingerprint density at radius 3 is 2.57 bits per heavy atom. The highest BCUT2D eigenvalue weighted by atomic mass is 32.1. The van der Waals surface area contributed by atoms with Gasteiger partial charge in [-0.05, 0) is 26.1 Å². The molecule has 5 nitrogen and oxygen atoms in total. The maximum absolute atomic E-state index is 4.58. The molecule has 112 valence electrons. The van der Waals surface area contributed by atoms with Gasteiger partial charge in [0.1, 0.15) is 5.82 Å². The van der Waals surface area contributed by atoms with Crippen molar-refractivity contribution in [3.8, 4) is 0 Å². The van der Waals surface area contributed by atoms with Crippen molar-refractivity contribution < 1.29 is 0 Å². The number of thiazole rings is 1. The van der Waals surface area contributed by atoms with Crippen molar-refractivity contribution in [2.45, 2.75) is 13.0 Å². The zero-order valence-electron chi connectivity index (χ0n) is 12.5. The van der Waals surface area contributed by atoms with Gasteiger partial charge in [-0.1, -0.05) is 6.07 Å². The minimum atomic E-state index is 0.367. The molecule has 1 aliphatic rings. The minimum Gasteiger partial charge on any atom is -0.353 e. The number of nitrogens with zero attached hydrogens (tertiary/aromatic N) is 4. The summed E-state index contributed by atoms with van der Waals surface area (Å²) in [4.78, 5) is 15.0. The van der Waals surface area contributed by atoms with Crippen LogP contribution in [0.15, 0.2) is 30.6 Å². The molecule has 2 aromatic heterocycles. The molecule has 2 aromatic rings. The summed E-state index contributed by atoms with van der Waals surface area (Å²) in [7, 11) is 1.98. The van der Waals surface area contributed by atoms with Gasteiger partial charge >= 0.3 is 0 Å². The predicted molar refractivity (Wildman–Crippen MR) is 88.3 cm³/mol. The summed E-state index contributed by atoms with van der Waals surface area (Å²) in [6.07, 6.45) is 3.85. The van der Waals surface area contributed by atoms with E-state index in [9.17, 15) is 0 Å². The van der Waals surface area contributed by atoms with Gasteiger partial charge in [-0.25, -0.2) is 9.97 Å². The lowest BCUT2D eigenvalue weighted by Gasteiger charge is -2.35. The average molecular weight is 303 g/mol. The Kier molecular flexibility index (Phi) is 4.36. The van der Waals surface area contributed by atoms with Gasteiger partial charge in [0.05, 0.1) is 0 Å². The van der Waals surface area contributed by atoms with E-state index in [1.165, 1.54) is 4.88 Å². The van der Waals surface area contributed by atoms with E-state index in [0.29, 0.717) is 6.04 Å². The molecule has 3 heterocycles.